The Labute approximate surface area is 84.4 Å². The lowest BCUT2D eigenvalue weighted by atomic mass is 9.68. The molecule has 0 radical (unpaired) electrons. The van der Waals surface area contributed by atoms with Crippen molar-refractivity contribution >= 4 is 11.6 Å². The lowest BCUT2D eigenvalue weighted by molar-refractivity contribution is -0.127. The summed E-state index contributed by atoms with van der Waals surface area (Å²) in [5.74, 6) is 1.45. The van der Waals surface area contributed by atoms with E-state index in [1.807, 2.05) is 6.08 Å². The Morgan fingerprint density at radius 3 is 2.93 bits per heavy atom. The summed E-state index contributed by atoms with van der Waals surface area (Å²) in [6.07, 6.45) is 7.42. The van der Waals surface area contributed by atoms with Crippen molar-refractivity contribution in [1.82, 2.24) is 0 Å². The maximum absolute atomic E-state index is 11.5. The third kappa shape index (κ3) is 1.66. The molecule has 2 rings (SSSR count). The number of ketones is 2. The van der Waals surface area contributed by atoms with Gasteiger partial charge in [0.2, 0.25) is 0 Å². The number of hydrogen-bond acceptors (Lipinski definition) is 2. The topological polar surface area (TPSA) is 34.1 Å². The van der Waals surface area contributed by atoms with Gasteiger partial charge in [0.25, 0.3) is 0 Å². The molecule has 0 heterocycles. The van der Waals surface area contributed by atoms with Gasteiger partial charge in [-0.2, -0.15) is 0 Å². The van der Waals surface area contributed by atoms with Gasteiger partial charge in [-0.3, -0.25) is 9.59 Å². The first-order chi connectivity index (χ1) is 6.68. The molecular formula is C12H16O2. The first-order valence-electron chi connectivity index (χ1n) is 5.39. The lowest BCUT2D eigenvalue weighted by Crippen LogP contribution is -2.33. The normalized spacial score (nSPS) is 36.6. The summed E-state index contributed by atoms with van der Waals surface area (Å²) in [7, 11) is 0. The van der Waals surface area contributed by atoms with Crippen LogP contribution >= 0.6 is 0 Å². The van der Waals surface area contributed by atoms with Gasteiger partial charge in [0.15, 0.2) is 5.78 Å². The Morgan fingerprint density at radius 1 is 1.43 bits per heavy atom. The molecule has 0 bridgehead atoms. The van der Waals surface area contributed by atoms with E-state index in [4.69, 9.17) is 0 Å². The van der Waals surface area contributed by atoms with Crippen molar-refractivity contribution in [3.63, 3.8) is 0 Å². The van der Waals surface area contributed by atoms with Crippen LogP contribution in [0.25, 0.3) is 0 Å². The van der Waals surface area contributed by atoms with E-state index in [1.54, 1.807) is 13.0 Å². The largest absolute Gasteiger partial charge is 0.300 e. The second kappa shape index (κ2) is 3.68. The third-order valence-corrected chi connectivity index (χ3v) is 3.64. The number of Topliss-reactive ketones (excluding diaryl/α,β-unsaturated/α-hetero) is 1. The molecule has 0 saturated heterocycles. The van der Waals surface area contributed by atoms with Crippen molar-refractivity contribution < 1.29 is 9.59 Å². The number of carbonyl (C=O) groups excluding carboxylic acids is 2. The molecule has 14 heavy (non-hydrogen) atoms. The molecule has 2 nitrogen and oxygen atoms in total. The fourth-order valence-electron chi connectivity index (χ4n) is 2.75. The Bertz CT molecular complexity index is 291. The molecule has 2 aliphatic carbocycles. The standard InChI is InChI=1S/C12H16O2/c1-8(13)9-5-6-11-10(7-9)3-2-4-12(11)14/h2,4,9-11H,3,5-7H2,1H3. The molecule has 3 unspecified atom stereocenters. The van der Waals surface area contributed by atoms with Crippen molar-refractivity contribution in [3.8, 4) is 0 Å². The minimum absolute atomic E-state index is 0.218. The van der Waals surface area contributed by atoms with Crippen molar-refractivity contribution in [1.29, 1.82) is 0 Å². The van der Waals surface area contributed by atoms with Crippen LogP contribution in [0.15, 0.2) is 12.2 Å². The van der Waals surface area contributed by atoms with Gasteiger partial charge in [-0.25, -0.2) is 0 Å². The van der Waals surface area contributed by atoms with Gasteiger partial charge in [0, 0.05) is 11.8 Å². The second-order valence-corrected chi connectivity index (χ2v) is 4.53. The highest BCUT2D eigenvalue weighted by molar-refractivity contribution is 5.93. The van der Waals surface area contributed by atoms with Crippen LogP contribution in [0.2, 0.25) is 0 Å². The van der Waals surface area contributed by atoms with E-state index in [2.05, 4.69) is 0 Å². The van der Waals surface area contributed by atoms with E-state index in [1.165, 1.54) is 0 Å². The van der Waals surface area contributed by atoms with E-state index in [0.717, 1.165) is 25.7 Å². The quantitative estimate of drug-likeness (QED) is 0.637. The van der Waals surface area contributed by atoms with E-state index >= 15 is 0 Å². The van der Waals surface area contributed by atoms with Gasteiger partial charge < -0.3 is 0 Å². The van der Waals surface area contributed by atoms with Crippen LogP contribution in [-0.2, 0) is 9.59 Å². The summed E-state index contributed by atoms with van der Waals surface area (Å²) in [4.78, 5) is 22.8. The summed E-state index contributed by atoms with van der Waals surface area (Å²) >= 11 is 0. The molecular weight excluding hydrogens is 176 g/mol. The number of hydrogen-bond donors (Lipinski definition) is 0. The predicted molar refractivity (Wildman–Crippen MR) is 53.8 cm³/mol. The van der Waals surface area contributed by atoms with Gasteiger partial charge in [-0.05, 0) is 44.6 Å². The monoisotopic (exact) mass is 192 g/mol. The van der Waals surface area contributed by atoms with Gasteiger partial charge in [0.05, 0.1) is 0 Å². The molecule has 76 valence electrons. The Morgan fingerprint density at radius 2 is 2.21 bits per heavy atom. The predicted octanol–water partition coefficient (Wildman–Crippen LogP) is 2.14. The molecule has 0 N–H and O–H groups in total. The van der Waals surface area contributed by atoms with Crippen molar-refractivity contribution in [2.24, 2.45) is 17.8 Å². The highest BCUT2D eigenvalue weighted by Gasteiger charge is 2.36. The Kier molecular flexibility index (Phi) is 2.53. The molecule has 3 atom stereocenters. The van der Waals surface area contributed by atoms with Crippen LogP contribution < -0.4 is 0 Å². The second-order valence-electron chi connectivity index (χ2n) is 4.53. The molecule has 0 aromatic carbocycles. The molecule has 1 fully saturated rings. The highest BCUT2D eigenvalue weighted by atomic mass is 16.1. The number of rotatable bonds is 1. The van der Waals surface area contributed by atoms with Crippen LogP contribution in [0, 0.1) is 17.8 Å². The molecule has 0 amide bonds. The molecule has 1 saturated carbocycles. The first-order valence-corrected chi connectivity index (χ1v) is 5.39. The average molecular weight is 192 g/mol. The van der Waals surface area contributed by atoms with Crippen molar-refractivity contribution in [2.45, 2.75) is 32.6 Å². The van der Waals surface area contributed by atoms with Crippen molar-refractivity contribution in [3.05, 3.63) is 12.2 Å². The van der Waals surface area contributed by atoms with E-state index < -0.39 is 0 Å². The van der Waals surface area contributed by atoms with Gasteiger partial charge >= 0.3 is 0 Å². The SMILES string of the molecule is CC(=O)C1CCC2C(=O)C=CCC2C1. The van der Waals surface area contributed by atoms with Gasteiger partial charge in [0.1, 0.15) is 5.78 Å². The fraction of sp³-hybridized carbons (Fsp3) is 0.667. The zero-order chi connectivity index (χ0) is 10.1. The molecule has 0 aliphatic heterocycles. The number of carbonyl (C=O) groups is 2. The molecule has 2 aliphatic rings. The lowest BCUT2D eigenvalue weighted by Gasteiger charge is -2.35. The Balaban J connectivity index is 2.08. The zero-order valence-electron chi connectivity index (χ0n) is 8.53. The zero-order valence-corrected chi connectivity index (χ0v) is 8.53. The summed E-state index contributed by atoms with van der Waals surface area (Å²) < 4.78 is 0. The Hall–Kier alpha value is -0.920. The van der Waals surface area contributed by atoms with Crippen LogP contribution in [0.5, 0.6) is 0 Å². The summed E-state index contributed by atoms with van der Waals surface area (Å²) in [5.41, 5.74) is 0. The van der Waals surface area contributed by atoms with Crippen molar-refractivity contribution in [2.75, 3.05) is 0 Å². The molecule has 0 spiro atoms. The third-order valence-electron chi connectivity index (χ3n) is 3.64. The maximum Gasteiger partial charge on any atom is 0.158 e. The van der Waals surface area contributed by atoms with E-state index in [0.29, 0.717) is 11.7 Å². The summed E-state index contributed by atoms with van der Waals surface area (Å²) in [6.45, 7) is 1.67. The van der Waals surface area contributed by atoms with Crippen LogP contribution in [0.4, 0.5) is 0 Å². The fourth-order valence-corrected chi connectivity index (χ4v) is 2.75. The smallest absolute Gasteiger partial charge is 0.158 e. The highest BCUT2D eigenvalue weighted by Crippen LogP contribution is 2.39. The molecule has 0 aromatic heterocycles. The van der Waals surface area contributed by atoms with Gasteiger partial charge in [-0.1, -0.05) is 6.08 Å². The van der Waals surface area contributed by atoms with E-state index in [9.17, 15) is 9.59 Å². The number of allylic oxidation sites excluding steroid dienone is 2. The first kappa shape index (κ1) is 9.63. The minimum Gasteiger partial charge on any atom is -0.300 e. The average Bonchev–Trinajstić information content (AvgIpc) is 2.17. The van der Waals surface area contributed by atoms with E-state index in [-0.39, 0.29) is 17.6 Å². The summed E-state index contributed by atoms with van der Waals surface area (Å²) in [6, 6.07) is 0. The molecule has 0 aromatic rings. The van der Waals surface area contributed by atoms with Crippen LogP contribution in [0.1, 0.15) is 32.6 Å². The maximum atomic E-state index is 11.5. The summed E-state index contributed by atoms with van der Waals surface area (Å²) in [5, 5.41) is 0. The molecule has 2 heteroatoms. The van der Waals surface area contributed by atoms with Crippen LogP contribution in [-0.4, -0.2) is 11.6 Å². The number of fused-ring (bicyclic) bond motifs is 1. The minimum atomic E-state index is 0.218. The van der Waals surface area contributed by atoms with Gasteiger partial charge in [-0.15, -0.1) is 0 Å². The van der Waals surface area contributed by atoms with Crippen LogP contribution in [0.3, 0.4) is 0 Å².